The van der Waals surface area contributed by atoms with Gasteiger partial charge < -0.3 is 9.66 Å². The van der Waals surface area contributed by atoms with Crippen LogP contribution in [0.5, 0.6) is 5.75 Å². The normalized spacial score (nSPS) is 11.5. The Morgan fingerprint density at radius 1 is 1.24 bits per heavy atom. The van der Waals surface area contributed by atoms with E-state index in [-0.39, 0.29) is 48.7 Å². The van der Waals surface area contributed by atoms with Gasteiger partial charge in [0.1, 0.15) is 0 Å². The second kappa shape index (κ2) is 5.65. The number of benzene rings is 2. The van der Waals surface area contributed by atoms with Crippen molar-refractivity contribution in [2.45, 2.75) is 4.90 Å². The summed E-state index contributed by atoms with van der Waals surface area (Å²) in [7, 11) is 0. The first-order valence-corrected chi connectivity index (χ1v) is 5.39. The van der Waals surface area contributed by atoms with Crippen LogP contribution in [0.2, 0.25) is 0 Å². The third-order valence-electron chi connectivity index (χ3n) is 2.23. The smallest absolute Gasteiger partial charge is 0.867 e. The van der Waals surface area contributed by atoms with Gasteiger partial charge >= 0.3 is 38.4 Å². The summed E-state index contributed by atoms with van der Waals surface area (Å²) < 4.78 is 21.9. The van der Waals surface area contributed by atoms with Crippen molar-refractivity contribution in [2.24, 2.45) is 0 Å². The van der Waals surface area contributed by atoms with Crippen LogP contribution in [0.1, 0.15) is 0 Å². The maximum absolute atomic E-state index is 11.8. The molecule has 0 aliphatic heterocycles. The van der Waals surface area contributed by atoms with E-state index < -0.39 is 16.8 Å². The molecule has 0 heterocycles. The summed E-state index contributed by atoms with van der Waals surface area (Å²) in [6.07, 6.45) is 0. The minimum Gasteiger partial charge on any atom is -0.867 e. The number of nitrogens with zero attached hydrogens (tertiary/aromatic N) is 2. The maximum Gasteiger partial charge on any atom is 3.00 e. The summed E-state index contributed by atoms with van der Waals surface area (Å²) >= 11 is -2.50. The molecule has 2 rings (SSSR count). The Bertz CT molecular complexity index is 639. The van der Waals surface area contributed by atoms with Crippen LogP contribution in [0.3, 0.4) is 0 Å². The van der Waals surface area contributed by atoms with E-state index in [2.05, 4.69) is 4.98 Å². The molecule has 0 radical (unpaired) electrons. The molecule has 2 aromatic carbocycles. The van der Waals surface area contributed by atoms with Crippen LogP contribution >= 0.6 is 0 Å². The van der Waals surface area contributed by atoms with Crippen LogP contribution in [0.15, 0.2) is 35.2 Å². The molecule has 0 bridgehead atoms. The van der Waals surface area contributed by atoms with E-state index in [9.17, 15) is 13.9 Å². The second-order valence-electron chi connectivity index (χ2n) is 3.10. The molecule has 0 aliphatic rings. The van der Waals surface area contributed by atoms with Crippen molar-refractivity contribution >= 4 is 27.5 Å². The number of rotatable bonds is 1. The van der Waals surface area contributed by atoms with Crippen LogP contribution in [0.25, 0.3) is 15.7 Å². The van der Waals surface area contributed by atoms with Gasteiger partial charge in [0, 0.05) is 11.0 Å². The summed E-state index contributed by atoms with van der Waals surface area (Å²) in [6, 6.07) is 7.36. The van der Waals surface area contributed by atoms with E-state index in [0.717, 1.165) is 0 Å². The molecule has 0 amide bonds. The molecule has 1 atom stereocenters. The number of fused-ring (bicyclic) bond motifs is 1. The molecule has 80 valence electrons. The number of hydrogen-bond donors (Lipinski definition) is 0. The zero-order valence-corrected chi connectivity index (χ0v) is 12.1. The van der Waals surface area contributed by atoms with Crippen molar-refractivity contribution < 1.29 is 46.6 Å². The Hall–Kier alpha value is -0.866. The largest absolute Gasteiger partial charge is 3.00 e. The first-order chi connectivity index (χ1) is 7.65. The van der Waals surface area contributed by atoms with Crippen molar-refractivity contribution in [2.75, 3.05) is 0 Å². The van der Waals surface area contributed by atoms with Gasteiger partial charge in [-0.2, -0.15) is 0 Å². The minimum atomic E-state index is -2.50. The monoisotopic (exact) mass is 322 g/mol. The van der Waals surface area contributed by atoms with Crippen LogP contribution < -0.4 is 5.11 Å². The average molecular weight is 322 g/mol. The van der Waals surface area contributed by atoms with Gasteiger partial charge in [0.25, 0.3) is 0 Å². The van der Waals surface area contributed by atoms with Crippen molar-refractivity contribution in [1.29, 1.82) is 5.39 Å². The number of hydrogen-bond acceptors (Lipinski definition) is 4. The van der Waals surface area contributed by atoms with Gasteiger partial charge in [-0.15, -0.1) is 0 Å². The number of diazo groups is 1. The maximum atomic E-state index is 11.8. The molecule has 0 saturated heterocycles. The molecule has 0 aliphatic carbocycles. The fourth-order valence-electron chi connectivity index (χ4n) is 1.52. The molecule has 1 unspecified atom stereocenters. The third-order valence-corrected chi connectivity index (χ3v) is 2.93. The fourth-order valence-corrected chi connectivity index (χ4v) is 2.09. The molecule has 0 saturated carbocycles. The van der Waals surface area contributed by atoms with Gasteiger partial charge in [0.15, 0.2) is 4.98 Å². The molecule has 0 fully saturated rings. The SMILES string of the molecule is N#[N+]c1ccc2cccc(S(=O)[O-])c2c1[O-].[Y+3]. The molecule has 0 N–H and O–H groups in total. The van der Waals surface area contributed by atoms with E-state index in [1.165, 1.54) is 18.2 Å². The van der Waals surface area contributed by atoms with Crippen LogP contribution in [-0.4, -0.2) is 8.76 Å². The standard InChI is InChI=1S/C10H6N2O3S.Y/c11-12-7-5-4-6-2-1-3-8(16(14)15)9(6)10(7)13;/h1-5H,(H-,13,14,15);/q;+3/p-1. The van der Waals surface area contributed by atoms with Crippen molar-refractivity contribution in [1.82, 2.24) is 0 Å². The summed E-state index contributed by atoms with van der Waals surface area (Å²) in [5.74, 6) is -0.597. The van der Waals surface area contributed by atoms with Gasteiger partial charge in [-0.1, -0.05) is 12.1 Å². The van der Waals surface area contributed by atoms with Crippen molar-refractivity contribution in [3.05, 3.63) is 35.3 Å². The predicted molar refractivity (Wildman–Crippen MR) is 55.3 cm³/mol. The Morgan fingerprint density at radius 3 is 2.53 bits per heavy atom. The first kappa shape index (κ1) is 14.2. The fraction of sp³-hybridized carbons (Fsp3) is 0. The van der Waals surface area contributed by atoms with E-state index in [0.29, 0.717) is 5.39 Å². The van der Waals surface area contributed by atoms with E-state index in [4.69, 9.17) is 5.39 Å². The Morgan fingerprint density at radius 2 is 1.94 bits per heavy atom. The molecule has 7 heteroatoms. The zero-order chi connectivity index (χ0) is 11.7. The third kappa shape index (κ3) is 2.53. The molecular weight excluding hydrogens is 317 g/mol. The topological polar surface area (TPSA) is 91.3 Å². The molecule has 5 nitrogen and oxygen atoms in total. The Balaban J connectivity index is 0.00000144. The minimum absolute atomic E-state index is 0. The van der Waals surface area contributed by atoms with E-state index in [1.807, 2.05) is 0 Å². The molecule has 17 heavy (non-hydrogen) atoms. The average Bonchev–Trinajstić information content (AvgIpc) is 2.29. The second-order valence-corrected chi connectivity index (χ2v) is 4.01. The quantitative estimate of drug-likeness (QED) is 0.589. The zero-order valence-electron chi connectivity index (χ0n) is 8.49. The Kier molecular flexibility index (Phi) is 4.72. The molecule has 2 aromatic rings. The van der Waals surface area contributed by atoms with Crippen molar-refractivity contribution in [3.8, 4) is 5.75 Å². The van der Waals surface area contributed by atoms with Gasteiger partial charge in [0.2, 0.25) is 5.39 Å². The van der Waals surface area contributed by atoms with Gasteiger partial charge in [0.05, 0.1) is 0 Å². The van der Waals surface area contributed by atoms with Gasteiger partial charge in [-0.3, -0.25) is 4.21 Å². The summed E-state index contributed by atoms with van der Waals surface area (Å²) in [6.45, 7) is 0. The summed E-state index contributed by atoms with van der Waals surface area (Å²) in [5.41, 5.74) is -0.176. The van der Waals surface area contributed by atoms with Crippen molar-refractivity contribution in [3.63, 3.8) is 0 Å². The van der Waals surface area contributed by atoms with Crippen LogP contribution in [0, 0.1) is 5.39 Å². The summed E-state index contributed by atoms with van der Waals surface area (Å²) in [5, 5.41) is 20.9. The van der Waals surface area contributed by atoms with Gasteiger partial charge in [-0.25, -0.2) is 0 Å². The van der Waals surface area contributed by atoms with E-state index >= 15 is 0 Å². The van der Waals surface area contributed by atoms with E-state index in [1.54, 1.807) is 12.1 Å². The first-order valence-electron chi connectivity index (χ1n) is 4.32. The van der Waals surface area contributed by atoms with Crippen LogP contribution in [-0.2, 0) is 43.8 Å². The Labute approximate surface area is 125 Å². The molecule has 0 aromatic heterocycles. The predicted octanol–water partition coefficient (Wildman–Crippen LogP) is 1.63. The molecule has 0 spiro atoms. The summed E-state index contributed by atoms with van der Waals surface area (Å²) in [4.78, 5) is 2.72. The molecular formula is C10H5N2O3SY+2. The van der Waals surface area contributed by atoms with Crippen LogP contribution in [0.4, 0.5) is 5.69 Å². The van der Waals surface area contributed by atoms with Gasteiger partial charge in [-0.05, 0) is 39.7 Å².